The molecular weight excluding hydrogens is 711 g/mol. The van der Waals surface area contributed by atoms with Crippen molar-refractivity contribution in [2.24, 2.45) is 0 Å². The van der Waals surface area contributed by atoms with Gasteiger partial charge < -0.3 is 9.32 Å². The van der Waals surface area contributed by atoms with Gasteiger partial charge in [0.25, 0.3) is 0 Å². The van der Waals surface area contributed by atoms with Crippen molar-refractivity contribution in [2.45, 2.75) is 0 Å². The van der Waals surface area contributed by atoms with Gasteiger partial charge in [0.2, 0.25) is 0 Å². The minimum absolute atomic E-state index is 0.875. The largest absolute Gasteiger partial charge is 0.455 e. The van der Waals surface area contributed by atoms with Gasteiger partial charge in [-0.15, -0.1) is 11.3 Å². The highest BCUT2D eigenvalue weighted by Crippen LogP contribution is 2.50. The Labute approximate surface area is 335 Å². The van der Waals surface area contributed by atoms with Crippen LogP contribution in [0.15, 0.2) is 217 Å². The Morgan fingerprint density at radius 1 is 0.351 bits per heavy atom. The van der Waals surface area contributed by atoms with E-state index in [-0.39, 0.29) is 0 Å². The Morgan fingerprint density at radius 2 is 0.895 bits per heavy atom. The lowest BCUT2D eigenvalue weighted by molar-refractivity contribution is 0.670. The summed E-state index contributed by atoms with van der Waals surface area (Å²) in [6, 6.07) is 76.2. The molecule has 0 aliphatic carbocycles. The Kier molecular flexibility index (Phi) is 8.04. The Morgan fingerprint density at radius 3 is 1.60 bits per heavy atom. The van der Waals surface area contributed by atoms with Crippen molar-refractivity contribution in [3.8, 4) is 44.5 Å². The fourth-order valence-corrected chi connectivity index (χ4v) is 9.71. The quantitative estimate of drug-likeness (QED) is 0.162. The number of fused-ring (bicyclic) bond motifs is 6. The zero-order valence-corrected chi connectivity index (χ0v) is 31.8. The second kappa shape index (κ2) is 13.8. The number of hydrogen-bond donors (Lipinski definition) is 0. The predicted molar refractivity (Wildman–Crippen MR) is 243 cm³/mol. The predicted octanol–water partition coefficient (Wildman–Crippen LogP) is 16.1. The van der Waals surface area contributed by atoms with Crippen LogP contribution in [0, 0.1) is 0 Å². The molecule has 0 radical (unpaired) electrons. The van der Waals surface area contributed by atoms with Crippen molar-refractivity contribution < 1.29 is 4.42 Å². The average Bonchev–Trinajstić information content (AvgIpc) is 3.87. The van der Waals surface area contributed by atoms with Gasteiger partial charge in [0, 0.05) is 32.1 Å². The molecule has 3 heteroatoms. The lowest BCUT2D eigenvalue weighted by atomic mass is 9.89. The van der Waals surface area contributed by atoms with Gasteiger partial charge in [0.15, 0.2) is 0 Å². The van der Waals surface area contributed by atoms with Gasteiger partial charge in [-0.3, -0.25) is 0 Å². The standard InChI is InChI=1S/C54H35NOS/c1-3-16-36(17-4-1)40-20-7-9-22-43(40)44-23-10-8-21-41(44)38-30-32-39(33-31-38)55(49-27-15-26-46-45-24-12-14-29-51(45)57-54(46)49)48-35-34-42(37-18-5-2-6-19-37)53-52(48)47-25-11-13-28-50(47)56-53/h1-35H. The lowest BCUT2D eigenvalue weighted by Gasteiger charge is -2.27. The molecule has 0 bridgehead atoms. The van der Waals surface area contributed by atoms with Crippen molar-refractivity contribution >= 4 is 70.5 Å². The number of para-hydroxylation sites is 1. The number of thiophene rings is 1. The number of furan rings is 1. The number of benzene rings is 9. The Balaban J connectivity index is 1.13. The molecule has 0 spiro atoms. The maximum atomic E-state index is 6.79. The van der Waals surface area contributed by atoms with Crippen LogP contribution in [-0.2, 0) is 0 Å². The maximum Gasteiger partial charge on any atom is 0.145 e. The molecule has 0 atom stereocenters. The van der Waals surface area contributed by atoms with E-state index in [1.54, 1.807) is 0 Å². The second-order valence-electron chi connectivity index (χ2n) is 14.4. The first-order valence-corrected chi connectivity index (χ1v) is 20.2. The van der Waals surface area contributed by atoms with E-state index in [0.29, 0.717) is 0 Å². The highest BCUT2D eigenvalue weighted by Gasteiger charge is 2.24. The summed E-state index contributed by atoms with van der Waals surface area (Å²) < 4.78 is 9.31. The van der Waals surface area contributed by atoms with E-state index in [9.17, 15) is 0 Å². The number of anilines is 3. The molecule has 2 heterocycles. The first-order chi connectivity index (χ1) is 28.3. The van der Waals surface area contributed by atoms with Gasteiger partial charge in [-0.2, -0.15) is 0 Å². The molecule has 11 aromatic rings. The van der Waals surface area contributed by atoms with Gasteiger partial charge >= 0.3 is 0 Å². The summed E-state index contributed by atoms with van der Waals surface area (Å²) in [5, 5.41) is 4.73. The Hall–Kier alpha value is -7.20. The number of hydrogen-bond acceptors (Lipinski definition) is 3. The third kappa shape index (κ3) is 5.63. The summed E-state index contributed by atoms with van der Waals surface area (Å²) in [6.45, 7) is 0. The molecule has 57 heavy (non-hydrogen) atoms. The molecule has 0 saturated heterocycles. The smallest absolute Gasteiger partial charge is 0.145 e. The summed E-state index contributed by atoms with van der Waals surface area (Å²) in [4.78, 5) is 2.44. The van der Waals surface area contributed by atoms with Crippen LogP contribution in [-0.4, -0.2) is 0 Å². The topological polar surface area (TPSA) is 16.4 Å². The van der Waals surface area contributed by atoms with Crippen LogP contribution < -0.4 is 4.90 Å². The van der Waals surface area contributed by atoms with Crippen molar-refractivity contribution in [1.82, 2.24) is 0 Å². The molecule has 0 aliphatic heterocycles. The van der Waals surface area contributed by atoms with Gasteiger partial charge in [-0.05, 0) is 81.4 Å². The molecule has 0 aliphatic rings. The van der Waals surface area contributed by atoms with Gasteiger partial charge in [0.1, 0.15) is 11.2 Å². The first-order valence-electron chi connectivity index (χ1n) is 19.3. The van der Waals surface area contributed by atoms with Gasteiger partial charge in [-0.1, -0.05) is 170 Å². The van der Waals surface area contributed by atoms with Crippen LogP contribution in [0.4, 0.5) is 17.1 Å². The van der Waals surface area contributed by atoms with Crippen LogP contribution in [0.1, 0.15) is 0 Å². The van der Waals surface area contributed by atoms with Crippen molar-refractivity contribution in [2.75, 3.05) is 4.90 Å². The zero-order chi connectivity index (χ0) is 37.7. The van der Waals surface area contributed by atoms with Crippen LogP contribution in [0.25, 0.3) is 86.6 Å². The number of nitrogens with zero attached hydrogens (tertiary/aromatic N) is 1. The first kappa shape index (κ1) is 33.2. The highest BCUT2D eigenvalue weighted by molar-refractivity contribution is 7.26. The Bertz CT molecular complexity index is 3230. The fourth-order valence-electron chi connectivity index (χ4n) is 8.51. The molecule has 0 amide bonds. The number of rotatable bonds is 7. The monoisotopic (exact) mass is 745 g/mol. The van der Waals surface area contributed by atoms with E-state index in [0.717, 1.165) is 55.7 Å². The summed E-state index contributed by atoms with van der Waals surface area (Å²) >= 11 is 1.85. The van der Waals surface area contributed by atoms with E-state index in [4.69, 9.17) is 4.42 Å². The third-order valence-corrected chi connectivity index (χ3v) is 12.3. The molecule has 268 valence electrons. The summed E-state index contributed by atoms with van der Waals surface area (Å²) in [6.07, 6.45) is 0. The molecule has 0 N–H and O–H groups in total. The maximum absolute atomic E-state index is 6.79. The minimum Gasteiger partial charge on any atom is -0.455 e. The molecule has 11 rings (SSSR count). The van der Waals surface area contributed by atoms with Crippen LogP contribution in [0.2, 0.25) is 0 Å². The highest BCUT2D eigenvalue weighted by atomic mass is 32.1. The second-order valence-corrected chi connectivity index (χ2v) is 15.4. The molecule has 0 saturated carbocycles. The minimum atomic E-state index is 0.875. The van der Waals surface area contributed by atoms with Crippen molar-refractivity contribution in [3.05, 3.63) is 212 Å². The van der Waals surface area contributed by atoms with Crippen LogP contribution in [0.3, 0.4) is 0 Å². The van der Waals surface area contributed by atoms with Gasteiger partial charge in [-0.25, -0.2) is 0 Å². The normalized spacial score (nSPS) is 11.5. The van der Waals surface area contributed by atoms with Gasteiger partial charge in [0.05, 0.1) is 21.5 Å². The summed E-state index contributed by atoms with van der Waals surface area (Å²) in [7, 11) is 0. The third-order valence-electron chi connectivity index (χ3n) is 11.1. The van der Waals surface area contributed by atoms with Crippen molar-refractivity contribution in [3.63, 3.8) is 0 Å². The fraction of sp³-hybridized carbons (Fsp3) is 0. The van der Waals surface area contributed by atoms with E-state index < -0.39 is 0 Å². The van der Waals surface area contributed by atoms with E-state index in [1.165, 1.54) is 48.0 Å². The SMILES string of the molecule is c1ccc(-c2ccccc2-c2ccccc2-c2ccc(N(c3cccc4c3sc3ccccc34)c3ccc(-c4ccccc4)c4oc5ccccc5c34)cc2)cc1. The van der Waals surface area contributed by atoms with E-state index in [1.807, 2.05) is 11.3 Å². The average molecular weight is 746 g/mol. The molecule has 2 nitrogen and oxygen atoms in total. The summed E-state index contributed by atoms with van der Waals surface area (Å²) in [5.74, 6) is 0. The van der Waals surface area contributed by atoms with E-state index in [2.05, 4.69) is 217 Å². The van der Waals surface area contributed by atoms with Crippen LogP contribution >= 0.6 is 11.3 Å². The van der Waals surface area contributed by atoms with Crippen LogP contribution in [0.5, 0.6) is 0 Å². The lowest BCUT2D eigenvalue weighted by Crippen LogP contribution is -2.10. The summed E-state index contributed by atoms with van der Waals surface area (Å²) in [5.41, 5.74) is 14.5. The molecule has 9 aromatic carbocycles. The van der Waals surface area contributed by atoms with E-state index >= 15 is 0 Å². The molecular formula is C54H35NOS. The zero-order valence-electron chi connectivity index (χ0n) is 31.0. The molecule has 2 aromatic heterocycles. The molecule has 0 fully saturated rings. The van der Waals surface area contributed by atoms with Crippen molar-refractivity contribution in [1.29, 1.82) is 0 Å². The molecule has 0 unspecified atom stereocenters.